The average Bonchev–Trinajstić information content (AvgIpc) is 3.01. The predicted octanol–water partition coefficient (Wildman–Crippen LogP) is 1.38. The zero-order chi connectivity index (χ0) is 18.1. The Kier molecular flexibility index (Phi) is 8.99. The summed E-state index contributed by atoms with van der Waals surface area (Å²) in [7, 11) is 2.22. The van der Waals surface area contributed by atoms with Gasteiger partial charge >= 0.3 is 0 Å². The van der Waals surface area contributed by atoms with E-state index in [1.54, 1.807) is 0 Å². The summed E-state index contributed by atoms with van der Waals surface area (Å²) < 4.78 is 5.52. The van der Waals surface area contributed by atoms with E-state index in [0.29, 0.717) is 18.0 Å². The number of guanidine groups is 1. The first kappa shape index (κ1) is 20.5. The van der Waals surface area contributed by atoms with Crippen molar-refractivity contribution in [3.05, 3.63) is 0 Å². The quantitative estimate of drug-likeness (QED) is 0.510. The van der Waals surface area contributed by atoms with Crippen LogP contribution in [0.15, 0.2) is 4.99 Å². The summed E-state index contributed by atoms with van der Waals surface area (Å²) in [6, 6.07) is 1.14. The highest BCUT2D eigenvalue weighted by Crippen LogP contribution is 2.15. The minimum Gasteiger partial charge on any atom is -0.379 e. The minimum atomic E-state index is 0.508. The normalized spacial score (nSPS) is 24.7. The predicted molar refractivity (Wildman–Crippen MR) is 105 cm³/mol. The molecule has 0 aromatic heterocycles. The first-order valence-corrected chi connectivity index (χ1v) is 10.1. The number of rotatable bonds is 8. The van der Waals surface area contributed by atoms with Crippen molar-refractivity contribution in [3.8, 4) is 0 Å². The molecule has 0 bridgehead atoms. The highest BCUT2D eigenvalue weighted by Gasteiger charge is 2.23. The molecule has 2 saturated heterocycles. The number of morpholine rings is 1. The van der Waals surface area contributed by atoms with Crippen molar-refractivity contribution >= 4 is 5.96 Å². The molecule has 0 aliphatic carbocycles. The standard InChI is InChI=1S/C19H39N5O/c1-5-20-19(21-14-17-7-6-8-23(17)4)22-15-18(13-16(2)3)24-9-11-25-12-10-24/h16-18H,5-15H2,1-4H3,(H2,20,21,22). The first-order chi connectivity index (χ1) is 12.1. The van der Waals surface area contributed by atoms with E-state index in [0.717, 1.165) is 51.9 Å². The topological polar surface area (TPSA) is 52.1 Å². The van der Waals surface area contributed by atoms with Crippen LogP contribution in [0.1, 0.15) is 40.0 Å². The molecule has 6 nitrogen and oxygen atoms in total. The Balaban J connectivity index is 1.90. The van der Waals surface area contributed by atoms with Crippen LogP contribution >= 0.6 is 0 Å². The summed E-state index contributed by atoms with van der Waals surface area (Å²) in [5, 5.41) is 6.97. The molecule has 25 heavy (non-hydrogen) atoms. The zero-order valence-corrected chi connectivity index (χ0v) is 16.8. The lowest BCUT2D eigenvalue weighted by atomic mass is 10.0. The minimum absolute atomic E-state index is 0.508. The van der Waals surface area contributed by atoms with Gasteiger partial charge in [0.2, 0.25) is 0 Å². The molecule has 2 atom stereocenters. The summed E-state index contributed by atoms with van der Waals surface area (Å²) in [6.07, 6.45) is 3.78. The van der Waals surface area contributed by atoms with E-state index in [4.69, 9.17) is 9.73 Å². The van der Waals surface area contributed by atoms with Gasteiger partial charge in [-0.15, -0.1) is 0 Å². The molecule has 2 rings (SSSR count). The van der Waals surface area contributed by atoms with Crippen LogP contribution in [0.4, 0.5) is 0 Å². The van der Waals surface area contributed by atoms with E-state index in [1.807, 2.05) is 0 Å². The van der Waals surface area contributed by atoms with E-state index in [-0.39, 0.29) is 0 Å². The Hall–Kier alpha value is -0.850. The third kappa shape index (κ3) is 7.12. The lowest BCUT2D eigenvalue weighted by molar-refractivity contribution is 0.0143. The van der Waals surface area contributed by atoms with E-state index >= 15 is 0 Å². The van der Waals surface area contributed by atoms with Crippen molar-refractivity contribution < 1.29 is 4.74 Å². The molecule has 2 unspecified atom stereocenters. The van der Waals surface area contributed by atoms with Crippen LogP contribution in [0, 0.1) is 5.92 Å². The molecule has 0 spiro atoms. The maximum Gasteiger partial charge on any atom is 0.191 e. The molecule has 2 heterocycles. The summed E-state index contributed by atoms with van der Waals surface area (Å²) in [4.78, 5) is 9.93. The summed E-state index contributed by atoms with van der Waals surface area (Å²) >= 11 is 0. The molecule has 0 aromatic rings. The molecule has 6 heteroatoms. The molecule has 2 fully saturated rings. The SMILES string of the molecule is CCNC(=NCC(CC(C)C)N1CCOCC1)NCC1CCCN1C. The number of nitrogens with zero attached hydrogens (tertiary/aromatic N) is 3. The smallest absolute Gasteiger partial charge is 0.191 e. The van der Waals surface area contributed by atoms with Crippen LogP contribution in [-0.2, 0) is 4.74 Å². The largest absolute Gasteiger partial charge is 0.379 e. The van der Waals surface area contributed by atoms with Crippen molar-refractivity contribution in [1.82, 2.24) is 20.4 Å². The molecule has 2 N–H and O–H groups in total. The number of hydrogen-bond acceptors (Lipinski definition) is 4. The number of likely N-dealkylation sites (tertiary alicyclic amines) is 1. The zero-order valence-electron chi connectivity index (χ0n) is 16.8. The number of ether oxygens (including phenoxy) is 1. The van der Waals surface area contributed by atoms with Gasteiger partial charge in [0.25, 0.3) is 0 Å². The van der Waals surface area contributed by atoms with Gasteiger partial charge < -0.3 is 20.3 Å². The molecular formula is C19H39N5O. The van der Waals surface area contributed by atoms with Gasteiger partial charge in [-0.25, -0.2) is 0 Å². The van der Waals surface area contributed by atoms with Crippen molar-refractivity contribution in [2.45, 2.75) is 52.1 Å². The van der Waals surface area contributed by atoms with Crippen LogP contribution in [0.3, 0.4) is 0 Å². The lowest BCUT2D eigenvalue weighted by Crippen LogP contribution is -2.47. The van der Waals surface area contributed by atoms with Gasteiger partial charge in [-0.1, -0.05) is 13.8 Å². The van der Waals surface area contributed by atoms with Gasteiger partial charge in [0.15, 0.2) is 5.96 Å². The molecule has 2 aliphatic rings. The highest BCUT2D eigenvalue weighted by molar-refractivity contribution is 5.79. The third-order valence-electron chi connectivity index (χ3n) is 5.29. The molecule has 0 aromatic carbocycles. The van der Waals surface area contributed by atoms with E-state index in [9.17, 15) is 0 Å². The number of likely N-dealkylation sites (N-methyl/N-ethyl adjacent to an activating group) is 1. The first-order valence-electron chi connectivity index (χ1n) is 10.1. The second-order valence-electron chi connectivity index (χ2n) is 7.81. The molecule has 146 valence electrons. The summed E-state index contributed by atoms with van der Waals surface area (Å²) in [5.74, 6) is 1.65. The van der Waals surface area contributed by atoms with E-state index in [1.165, 1.54) is 25.8 Å². The Labute approximate surface area is 154 Å². The molecule has 2 aliphatic heterocycles. The van der Waals surface area contributed by atoms with Gasteiger partial charge in [-0.2, -0.15) is 0 Å². The van der Waals surface area contributed by atoms with Crippen molar-refractivity contribution in [3.63, 3.8) is 0 Å². The molecule has 0 radical (unpaired) electrons. The monoisotopic (exact) mass is 353 g/mol. The fraction of sp³-hybridized carbons (Fsp3) is 0.947. The Morgan fingerprint density at radius 2 is 1.96 bits per heavy atom. The van der Waals surface area contributed by atoms with Crippen LogP contribution in [0.2, 0.25) is 0 Å². The van der Waals surface area contributed by atoms with Gasteiger partial charge in [0.05, 0.1) is 19.8 Å². The van der Waals surface area contributed by atoms with Gasteiger partial charge in [-0.3, -0.25) is 9.89 Å². The highest BCUT2D eigenvalue weighted by atomic mass is 16.5. The van der Waals surface area contributed by atoms with Crippen LogP contribution < -0.4 is 10.6 Å². The molecular weight excluding hydrogens is 314 g/mol. The fourth-order valence-corrected chi connectivity index (χ4v) is 3.82. The van der Waals surface area contributed by atoms with Crippen molar-refractivity contribution in [1.29, 1.82) is 0 Å². The van der Waals surface area contributed by atoms with Gasteiger partial charge in [0, 0.05) is 38.3 Å². The summed E-state index contributed by atoms with van der Waals surface area (Å²) in [5.41, 5.74) is 0. The second kappa shape index (κ2) is 11.0. The second-order valence-corrected chi connectivity index (χ2v) is 7.81. The number of aliphatic imine (C=N–C) groups is 1. The maximum absolute atomic E-state index is 5.52. The number of nitrogens with one attached hydrogen (secondary N) is 2. The van der Waals surface area contributed by atoms with Crippen LogP contribution in [0.25, 0.3) is 0 Å². The fourth-order valence-electron chi connectivity index (χ4n) is 3.82. The van der Waals surface area contributed by atoms with Crippen LogP contribution in [0.5, 0.6) is 0 Å². The van der Waals surface area contributed by atoms with Crippen molar-refractivity contribution in [2.24, 2.45) is 10.9 Å². The molecule has 0 saturated carbocycles. The Morgan fingerprint density at radius 1 is 1.20 bits per heavy atom. The number of hydrogen-bond donors (Lipinski definition) is 2. The Morgan fingerprint density at radius 3 is 2.56 bits per heavy atom. The Bertz CT molecular complexity index is 395. The third-order valence-corrected chi connectivity index (χ3v) is 5.29. The van der Waals surface area contributed by atoms with E-state index < -0.39 is 0 Å². The average molecular weight is 354 g/mol. The van der Waals surface area contributed by atoms with Crippen molar-refractivity contribution in [2.75, 3.05) is 59.5 Å². The lowest BCUT2D eigenvalue weighted by Gasteiger charge is -2.34. The maximum atomic E-state index is 5.52. The van der Waals surface area contributed by atoms with E-state index in [2.05, 4.69) is 48.3 Å². The van der Waals surface area contributed by atoms with Gasteiger partial charge in [-0.05, 0) is 45.7 Å². The summed E-state index contributed by atoms with van der Waals surface area (Å²) in [6.45, 7) is 14.5. The molecule has 0 amide bonds. The van der Waals surface area contributed by atoms with Crippen LogP contribution in [-0.4, -0.2) is 87.4 Å². The van der Waals surface area contributed by atoms with Gasteiger partial charge in [0.1, 0.15) is 0 Å².